The maximum absolute atomic E-state index is 9.75. The van der Waals surface area contributed by atoms with E-state index in [1.807, 2.05) is 11.4 Å². The molecule has 0 saturated heterocycles. The maximum atomic E-state index is 9.75. The van der Waals surface area contributed by atoms with Gasteiger partial charge in [0.05, 0.1) is 0 Å². The Morgan fingerprint density at radius 3 is 2.90 bits per heavy atom. The fourth-order valence-corrected chi connectivity index (χ4v) is 2.33. The highest BCUT2D eigenvalue weighted by atomic mass is 32.1. The summed E-state index contributed by atoms with van der Waals surface area (Å²) in [5.74, 6) is 0. The average molecular weight is 292 g/mol. The summed E-state index contributed by atoms with van der Waals surface area (Å²) in [6, 6.07) is 10.4. The highest BCUT2D eigenvalue weighted by Gasteiger charge is 2.05. The van der Waals surface area contributed by atoms with Crippen LogP contribution in [0.4, 0.5) is 0 Å². The molecule has 0 amide bonds. The number of ether oxygens (including phenoxy) is 1. The normalized spacial score (nSPS) is 12.2. The quantitative estimate of drug-likeness (QED) is 0.695. The highest BCUT2D eigenvalue weighted by Crippen LogP contribution is 2.13. The number of aliphatic hydroxyl groups excluding tert-OH is 1. The summed E-state index contributed by atoms with van der Waals surface area (Å²) in [5, 5.41) is 15.4. The molecular formula is C15H20N2O2S. The lowest BCUT2D eigenvalue weighted by molar-refractivity contribution is 0.106. The maximum Gasteiger partial charge on any atom is 0.273 e. The lowest BCUT2D eigenvalue weighted by Gasteiger charge is -2.11. The van der Waals surface area contributed by atoms with Crippen molar-refractivity contribution in [3.63, 3.8) is 0 Å². The molecule has 108 valence electrons. The van der Waals surface area contributed by atoms with Crippen molar-refractivity contribution < 1.29 is 9.84 Å². The molecule has 1 aromatic carbocycles. The van der Waals surface area contributed by atoms with Gasteiger partial charge in [-0.2, -0.15) is 0 Å². The molecule has 1 atom stereocenters. The molecule has 0 radical (unpaired) electrons. The van der Waals surface area contributed by atoms with Gasteiger partial charge in [-0.25, -0.2) is 4.98 Å². The Kier molecular flexibility index (Phi) is 6.50. The van der Waals surface area contributed by atoms with Crippen LogP contribution in [0, 0.1) is 0 Å². The fourth-order valence-electron chi connectivity index (χ4n) is 1.84. The van der Waals surface area contributed by atoms with E-state index in [-0.39, 0.29) is 6.61 Å². The lowest BCUT2D eigenvalue weighted by Crippen LogP contribution is -2.32. The van der Waals surface area contributed by atoms with Crippen molar-refractivity contribution in [2.24, 2.45) is 0 Å². The number of rotatable bonds is 9. The van der Waals surface area contributed by atoms with Gasteiger partial charge in [0.25, 0.3) is 5.19 Å². The second-order valence-electron chi connectivity index (χ2n) is 4.56. The van der Waals surface area contributed by atoms with Gasteiger partial charge in [0.2, 0.25) is 0 Å². The summed E-state index contributed by atoms with van der Waals surface area (Å²) in [6.07, 6.45) is 3.30. The van der Waals surface area contributed by atoms with Gasteiger partial charge in [-0.05, 0) is 24.9 Å². The Labute approximate surface area is 123 Å². The number of nitrogens with one attached hydrogen (secondary N) is 1. The van der Waals surface area contributed by atoms with Crippen LogP contribution in [0.15, 0.2) is 41.9 Å². The first kappa shape index (κ1) is 15.0. The molecule has 2 rings (SSSR count). The third-order valence-electron chi connectivity index (χ3n) is 2.85. The van der Waals surface area contributed by atoms with Gasteiger partial charge in [-0.3, -0.25) is 0 Å². The molecule has 0 aliphatic heterocycles. The van der Waals surface area contributed by atoms with E-state index in [2.05, 4.69) is 34.6 Å². The minimum Gasteiger partial charge on any atom is -0.467 e. The van der Waals surface area contributed by atoms with Crippen LogP contribution in [0.25, 0.3) is 0 Å². The molecule has 0 fully saturated rings. The topological polar surface area (TPSA) is 54.4 Å². The molecule has 5 heteroatoms. The molecule has 1 unspecified atom stereocenters. The predicted octanol–water partition coefficient (Wildman–Crippen LogP) is 2.11. The van der Waals surface area contributed by atoms with E-state index < -0.39 is 6.10 Å². The van der Waals surface area contributed by atoms with Crippen LogP contribution in [-0.2, 0) is 6.42 Å². The van der Waals surface area contributed by atoms with Gasteiger partial charge in [0.15, 0.2) is 0 Å². The molecule has 4 nitrogen and oxygen atoms in total. The molecule has 0 aliphatic rings. The van der Waals surface area contributed by atoms with E-state index in [0.29, 0.717) is 11.7 Å². The van der Waals surface area contributed by atoms with Gasteiger partial charge in [0, 0.05) is 18.1 Å². The van der Waals surface area contributed by atoms with Crippen LogP contribution in [0.5, 0.6) is 5.19 Å². The Hall–Kier alpha value is -1.43. The number of aliphatic hydroxyl groups is 1. The molecule has 0 saturated carbocycles. The van der Waals surface area contributed by atoms with Gasteiger partial charge >= 0.3 is 0 Å². The predicted molar refractivity (Wildman–Crippen MR) is 81.2 cm³/mol. The summed E-state index contributed by atoms with van der Waals surface area (Å²) in [7, 11) is 0. The standard InChI is InChI=1S/C15H20N2O2S/c18-14(12-19-15-17-9-10-20-15)11-16-8-4-7-13-5-2-1-3-6-13/h1-3,5-6,9-10,14,16,18H,4,7-8,11-12H2. The van der Waals surface area contributed by atoms with Crippen molar-refractivity contribution in [1.29, 1.82) is 0 Å². The summed E-state index contributed by atoms with van der Waals surface area (Å²) >= 11 is 1.43. The van der Waals surface area contributed by atoms with Crippen LogP contribution in [0.2, 0.25) is 0 Å². The molecule has 1 aromatic heterocycles. The minimum atomic E-state index is -0.504. The van der Waals surface area contributed by atoms with Crippen LogP contribution in [-0.4, -0.2) is 35.9 Å². The molecular weight excluding hydrogens is 272 g/mol. The van der Waals surface area contributed by atoms with E-state index in [1.165, 1.54) is 16.9 Å². The zero-order valence-corrected chi connectivity index (χ0v) is 12.2. The Morgan fingerprint density at radius 1 is 1.30 bits per heavy atom. The van der Waals surface area contributed by atoms with Crippen LogP contribution >= 0.6 is 11.3 Å². The number of hydrogen-bond donors (Lipinski definition) is 2. The average Bonchev–Trinajstić information content (AvgIpc) is 2.99. The Morgan fingerprint density at radius 2 is 2.15 bits per heavy atom. The largest absolute Gasteiger partial charge is 0.467 e. The molecule has 0 aliphatic carbocycles. The SMILES string of the molecule is OC(CNCCCc1ccccc1)COc1nccs1. The number of thiazole rings is 1. The van der Waals surface area contributed by atoms with Crippen molar-refractivity contribution >= 4 is 11.3 Å². The number of hydrogen-bond acceptors (Lipinski definition) is 5. The van der Waals surface area contributed by atoms with Crippen molar-refractivity contribution in [1.82, 2.24) is 10.3 Å². The Bertz CT molecular complexity index is 462. The van der Waals surface area contributed by atoms with E-state index >= 15 is 0 Å². The summed E-state index contributed by atoms with van der Waals surface area (Å²) in [4.78, 5) is 4.00. The van der Waals surface area contributed by atoms with Crippen molar-refractivity contribution in [2.45, 2.75) is 18.9 Å². The number of aryl methyl sites for hydroxylation is 1. The van der Waals surface area contributed by atoms with E-state index in [1.54, 1.807) is 6.20 Å². The summed E-state index contributed by atoms with van der Waals surface area (Å²) in [6.45, 7) is 1.71. The third kappa shape index (κ3) is 5.69. The minimum absolute atomic E-state index is 0.277. The fraction of sp³-hybridized carbons (Fsp3) is 0.400. The molecule has 0 spiro atoms. The molecule has 20 heavy (non-hydrogen) atoms. The zero-order valence-electron chi connectivity index (χ0n) is 11.4. The van der Waals surface area contributed by atoms with Crippen molar-refractivity contribution in [2.75, 3.05) is 19.7 Å². The number of aromatic nitrogens is 1. The first-order chi connectivity index (χ1) is 9.84. The second-order valence-corrected chi connectivity index (χ2v) is 5.41. The molecule has 0 bridgehead atoms. The summed E-state index contributed by atoms with van der Waals surface area (Å²) < 4.78 is 5.35. The first-order valence-electron chi connectivity index (χ1n) is 6.79. The van der Waals surface area contributed by atoms with Crippen LogP contribution in [0.1, 0.15) is 12.0 Å². The zero-order chi connectivity index (χ0) is 14.0. The van der Waals surface area contributed by atoms with Gasteiger partial charge in [-0.1, -0.05) is 41.7 Å². The third-order valence-corrected chi connectivity index (χ3v) is 3.53. The second kappa shape index (κ2) is 8.68. The van der Waals surface area contributed by atoms with Crippen molar-refractivity contribution in [3.8, 4) is 5.19 Å². The number of nitrogens with zero attached hydrogens (tertiary/aromatic N) is 1. The first-order valence-corrected chi connectivity index (χ1v) is 7.67. The van der Waals surface area contributed by atoms with Gasteiger partial charge < -0.3 is 15.2 Å². The van der Waals surface area contributed by atoms with Crippen LogP contribution < -0.4 is 10.1 Å². The molecule has 1 heterocycles. The monoisotopic (exact) mass is 292 g/mol. The van der Waals surface area contributed by atoms with Crippen LogP contribution in [0.3, 0.4) is 0 Å². The van der Waals surface area contributed by atoms with E-state index in [9.17, 15) is 5.11 Å². The van der Waals surface area contributed by atoms with E-state index in [4.69, 9.17) is 4.74 Å². The molecule has 2 aromatic rings. The highest BCUT2D eigenvalue weighted by molar-refractivity contribution is 7.11. The Balaban J connectivity index is 1.50. The van der Waals surface area contributed by atoms with Gasteiger partial charge in [-0.15, -0.1) is 0 Å². The number of benzene rings is 1. The van der Waals surface area contributed by atoms with Crippen molar-refractivity contribution in [3.05, 3.63) is 47.5 Å². The van der Waals surface area contributed by atoms with Gasteiger partial charge in [0.1, 0.15) is 12.7 Å². The van der Waals surface area contributed by atoms with E-state index in [0.717, 1.165) is 19.4 Å². The lowest BCUT2D eigenvalue weighted by atomic mass is 10.1. The summed E-state index contributed by atoms with van der Waals surface area (Å²) in [5.41, 5.74) is 1.35. The molecule has 2 N–H and O–H groups in total. The smallest absolute Gasteiger partial charge is 0.273 e.